The molecule has 0 amide bonds. The topological polar surface area (TPSA) is 72.5 Å². The maximum absolute atomic E-state index is 10.3. The molecule has 4 heteroatoms. The summed E-state index contributed by atoms with van der Waals surface area (Å²) in [5, 5.41) is 8.42. The lowest BCUT2D eigenvalue weighted by Gasteiger charge is -2.04. The predicted molar refractivity (Wildman–Crippen MR) is 29.9 cm³/mol. The fourth-order valence-corrected chi connectivity index (χ4v) is 0.825. The average molecular weight is 131 g/mol. The van der Waals surface area contributed by atoms with Gasteiger partial charge in [-0.15, -0.1) is 0 Å². The minimum absolute atomic E-state index is 0.260. The van der Waals surface area contributed by atoms with E-state index >= 15 is 0 Å². The van der Waals surface area contributed by atoms with E-state index < -0.39 is 11.9 Å². The van der Waals surface area contributed by atoms with Crippen molar-refractivity contribution < 1.29 is 14.6 Å². The first kappa shape index (κ1) is 6.51. The molecule has 0 aliphatic carbocycles. The largest absolute Gasteiger partial charge is 0.481 e. The Balaban J connectivity index is 2.49. The molecule has 1 heterocycles. The Hall–Kier alpha value is -0.610. The number of carbonyl (C=O) groups is 1. The quantitative estimate of drug-likeness (QED) is 0.481. The molecule has 0 aromatic carbocycles. The molecule has 0 aromatic rings. The summed E-state index contributed by atoms with van der Waals surface area (Å²) >= 11 is 0. The highest BCUT2D eigenvalue weighted by atomic mass is 16.5. The monoisotopic (exact) mass is 131 g/mol. The summed E-state index contributed by atoms with van der Waals surface area (Å²) in [7, 11) is 0. The Bertz CT molecular complexity index is 125. The molecule has 0 saturated carbocycles. The summed E-state index contributed by atoms with van der Waals surface area (Å²) in [5.41, 5.74) is 5.37. The second-order valence-corrected chi connectivity index (χ2v) is 2.15. The normalized spacial score (nSPS) is 34.8. The van der Waals surface area contributed by atoms with Crippen molar-refractivity contribution in [2.45, 2.75) is 6.04 Å². The Morgan fingerprint density at radius 2 is 2.33 bits per heavy atom. The third-order valence-electron chi connectivity index (χ3n) is 1.44. The number of rotatable bonds is 1. The zero-order valence-electron chi connectivity index (χ0n) is 4.91. The van der Waals surface area contributed by atoms with E-state index in [2.05, 4.69) is 0 Å². The number of hydrogen-bond donors (Lipinski definition) is 2. The summed E-state index contributed by atoms with van der Waals surface area (Å²) in [4.78, 5) is 10.3. The number of ether oxygens (including phenoxy) is 1. The summed E-state index contributed by atoms with van der Waals surface area (Å²) in [6.45, 7) is 0.632. The van der Waals surface area contributed by atoms with Crippen molar-refractivity contribution in [3.05, 3.63) is 0 Å². The van der Waals surface area contributed by atoms with Gasteiger partial charge in [-0.2, -0.15) is 0 Å². The van der Waals surface area contributed by atoms with E-state index in [-0.39, 0.29) is 12.6 Å². The van der Waals surface area contributed by atoms with E-state index in [0.717, 1.165) is 0 Å². The fourth-order valence-electron chi connectivity index (χ4n) is 0.825. The van der Waals surface area contributed by atoms with Gasteiger partial charge in [0.25, 0.3) is 0 Å². The molecule has 1 saturated heterocycles. The van der Waals surface area contributed by atoms with Crippen LogP contribution in [-0.2, 0) is 9.53 Å². The summed E-state index contributed by atoms with van der Waals surface area (Å²) in [6, 6.07) is -0.317. The molecule has 4 nitrogen and oxygen atoms in total. The van der Waals surface area contributed by atoms with Gasteiger partial charge in [-0.25, -0.2) is 0 Å². The highest BCUT2D eigenvalue weighted by Gasteiger charge is 2.30. The predicted octanol–water partition coefficient (Wildman–Crippen LogP) is -0.955. The molecule has 1 rings (SSSR count). The fraction of sp³-hybridized carbons (Fsp3) is 0.800. The summed E-state index contributed by atoms with van der Waals surface area (Å²) in [6.07, 6.45) is 0. The molecule has 9 heavy (non-hydrogen) atoms. The van der Waals surface area contributed by atoms with Crippen LogP contribution in [0.15, 0.2) is 0 Å². The van der Waals surface area contributed by atoms with Crippen LogP contribution in [0.4, 0.5) is 0 Å². The lowest BCUT2D eigenvalue weighted by atomic mass is 10.1. The van der Waals surface area contributed by atoms with Gasteiger partial charge in [-0.3, -0.25) is 4.79 Å². The van der Waals surface area contributed by atoms with Gasteiger partial charge in [0, 0.05) is 6.04 Å². The maximum Gasteiger partial charge on any atom is 0.310 e. The minimum atomic E-state index is -0.861. The van der Waals surface area contributed by atoms with Crippen molar-refractivity contribution in [2.75, 3.05) is 13.2 Å². The van der Waals surface area contributed by atoms with Crippen LogP contribution in [-0.4, -0.2) is 30.3 Å². The van der Waals surface area contributed by atoms with Gasteiger partial charge in [0.05, 0.1) is 19.1 Å². The number of aliphatic carboxylic acids is 1. The molecule has 1 aliphatic heterocycles. The minimum Gasteiger partial charge on any atom is -0.481 e. The van der Waals surface area contributed by atoms with Crippen molar-refractivity contribution in [3.8, 4) is 0 Å². The van der Waals surface area contributed by atoms with Crippen LogP contribution < -0.4 is 5.73 Å². The van der Waals surface area contributed by atoms with Crippen LogP contribution >= 0.6 is 0 Å². The third kappa shape index (κ3) is 1.20. The summed E-state index contributed by atoms with van der Waals surface area (Å²) in [5.74, 6) is -1.36. The zero-order chi connectivity index (χ0) is 6.85. The Morgan fingerprint density at radius 3 is 2.56 bits per heavy atom. The van der Waals surface area contributed by atoms with Crippen molar-refractivity contribution in [1.29, 1.82) is 0 Å². The second kappa shape index (κ2) is 2.33. The number of carboxylic acids is 1. The molecular weight excluding hydrogens is 122 g/mol. The number of nitrogens with two attached hydrogens (primary N) is 1. The van der Waals surface area contributed by atoms with Gasteiger partial charge in [-0.1, -0.05) is 0 Å². The Labute approximate surface area is 52.6 Å². The molecule has 1 fully saturated rings. The molecular formula is C5H9NO3. The van der Waals surface area contributed by atoms with Crippen molar-refractivity contribution in [1.82, 2.24) is 0 Å². The first-order valence-corrected chi connectivity index (χ1v) is 2.78. The smallest absolute Gasteiger partial charge is 0.310 e. The van der Waals surface area contributed by atoms with Crippen molar-refractivity contribution in [3.63, 3.8) is 0 Å². The lowest BCUT2D eigenvalue weighted by molar-refractivity contribution is -0.141. The molecule has 0 spiro atoms. The van der Waals surface area contributed by atoms with E-state index in [1.807, 2.05) is 0 Å². The molecule has 2 unspecified atom stereocenters. The van der Waals surface area contributed by atoms with E-state index in [9.17, 15) is 4.79 Å². The van der Waals surface area contributed by atoms with Crippen LogP contribution in [0.1, 0.15) is 0 Å². The SMILES string of the molecule is NC1COCC1C(=O)O. The Morgan fingerprint density at radius 1 is 1.67 bits per heavy atom. The van der Waals surface area contributed by atoms with Crippen LogP contribution in [0.25, 0.3) is 0 Å². The Kier molecular flexibility index (Phi) is 1.68. The van der Waals surface area contributed by atoms with Crippen LogP contribution in [0, 0.1) is 5.92 Å². The van der Waals surface area contributed by atoms with Gasteiger partial charge in [-0.05, 0) is 0 Å². The van der Waals surface area contributed by atoms with E-state index in [1.54, 1.807) is 0 Å². The van der Waals surface area contributed by atoms with Gasteiger partial charge in [0.1, 0.15) is 0 Å². The highest BCUT2D eigenvalue weighted by molar-refractivity contribution is 5.71. The number of hydrogen-bond acceptors (Lipinski definition) is 3. The average Bonchev–Trinajstić information content (AvgIpc) is 2.13. The van der Waals surface area contributed by atoms with E-state index in [4.69, 9.17) is 15.6 Å². The van der Waals surface area contributed by atoms with Gasteiger partial charge in [0.2, 0.25) is 0 Å². The zero-order valence-corrected chi connectivity index (χ0v) is 4.91. The first-order chi connectivity index (χ1) is 4.22. The first-order valence-electron chi connectivity index (χ1n) is 2.78. The summed E-state index contributed by atoms with van der Waals surface area (Å²) < 4.78 is 4.82. The molecule has 52 valence electrons. The van der Waals surface area contributed by atoms with Crippen molar-refractivity contribution in [2.24, 2.45) is 11.7 Å². The van der Waals surface area contributed by atoms with Crippen molar-refractivity contribution >= 4 is 5.97 Å². The maximum atomic E-state index is 10.3. The van der Waals surface area contributed by atoms with Crippen LogP contribution in [0.2, 0.25) is 0 Å². The van der Waals surface area contributed by atoms with Gasteiger partial charge in [0.15, 0.2) is 0 Å². The standard InChI is InChI=1S/C5H9NO3/c6-4-2-9-1-3(4)5(7)8/h3-4H,1-2,6H2,(H,7,8). The van der Waals surface area contributed by atoms with Crippen LogP contribution in [0.3, 0.4) is 0 Å². The van der Waals surface area contributed by atoms with E-state index in [0.29, 0.717) is 6.61 Å². The molecule has 3 N–H and O–H groups in total. The molecule has 2 atom stereocenters. The second-order valence-electron chi connectivity index (χ2n) is 2.15. The number of carboxylic acid groups (broad SMARTS) is 1. The molecule has 0 radical (unpaired) electrons. The molecule has 0 aromatic heterocycles. The third-order valence-corrected chi connectivity index (χ3v) is 1.44. The van der Waals surface area contributed by atoms with E-state index in [1.165, 1.54) is 0 Å². The highest BCUT2D eigenvalue weighted by Crippen LogP contribution is 2.10. The van der Waals surface area contributed by atoms with Crippen LogP contribution in [0.5, 0.6) is 0 Å². The van der Waals surface area contributed by atoms with Gasteiger partial charge >= 0.3 is 5.97 Å². The lowest BCUT2D eigenvalue weighted by Crippen LogP contribution is -2.33. The molecule has 1 aliphatic rings. The van der Waals surface area contributed by atoms with Gasteiger partial charge < -0.3 is 15.6 Å². The molecule has 0 bridgehead atoms.